The number of unbranched alkanes of at least 4 members (excludes halogenated alkanes) is 1. The van der Waals surface area contributed by atoms with Gasteiger partial charge in [0.1, 0.15) is 13.2 Å². The lowest BCUT2D eigenvalue weighted by atomic mass is 10.1. The number of ether oxygens (including phenoxy) is 3. The molecular weight excluding hydrogens is 258 g/mol. The fraction of sp³-hybridized carbons (Fsp3) is 0.700. The van der Waals surface area contributed by atoms with Crippen molar-refractivity contribution in [2.75, 3.05) is 19.8 Å². The fourth-order valence-corrected chi connectivity index (χ4v) is 1.15. The van der Waals surface area contributed by atoms with Gasteiger partial charge in [-0.1, -0.05) is 0 Å². The monoisotopic (exact) mass is 271 g/mol. The van der Waals surface area contributed by atoms with Crippen molar-refractivity contribution in [1.82, 2.24) is 0 Å². The molecule has 9 nitrogen and oxygen atoms in total. The summed E-state index contributed by atoms with van der Waals surface area (Å²) in [5.74, 6) is -0.725. The normalized spacial score (nSPS) is 10.4. The third kappa shape index (κ3) is 9.18. The van der Waals surface area contributed by atoms with Gasteiger partial charge in [0.2, 0.25) is 6.10 Å². The highest BCUT2D eigenvalue weighted by Gasteiger charge is 2.21. The van der Waals surface area contributed by atoms with Gasteiger partial charge in [-0.15, -0.1) is 4.91 Å². The largest absolute Gasteiger partial charge is 0.459 e. The minimum atomic E-state index is -1.02. The molecule has 0 amide bonds. The SMILES string of the molecule is N#COCCCCC(OC#N)C(=O)OCCON=O. The maximum atomic E-state index is 11.5. The second-order valence-electron chi connectivity index (χ2n) is 3.21. The summed E-state index contributed by atoms with van der Waals surface area (Å²) >= 11 is 0. The van der Waals surface area contributed by atoms with Crippen molar-refractivity contribution in [2.45, 2.75) is 25.4 Å². The molecule has 0 saturated carbocycles. The van der Waals surface area contributed by atoms with Crippen LogP contribution in [0.15, 0.2) is 5.34 Å². The average Bonchev–Trinajstić information content (AvgIpc) is 2.42. The summed E-state index contributed by atoms with van der Waals surface area (Å²) in [5, 5.41) is 18.7. The van der Waals surface area contributed by atoms with Gasteiger partial charge in [-0.25, -0.2) is 4.79 Å². The van der Waals surface area contributed by atoms with Gasteiger partial charge in [0.25, 0.3) is 12.5 Å². The number of esters is 1. The highest BCUT2D eigenvalue weighted by Crippen LogP contribution is 2.07. The Morgan fingerprint density at radius 2 is 1.95 bits per heavy atom. The Kier molecular flexibility index (Phi) is 10.3. The summed E-state index contributed by atoms with van der Waals surface area (Å²) in [6.07, 6.45) is 3.25. The van der Waals surface area contributed by atoms with Gasteiger partial charge in [-0.2, -0.15) is 10.5 Å². The molecule has 1 atom stereocenters. The topological polar surface area (TPSA) is 131 Å². The van der Waals surface area contributed by atoms with Crippen LogP contribution in [0.1, 0.15) is 19.3 Å². The summed E-state index contributed by atoms with van der Waals surface area (Å²) in [6, 6.07) is 0. The smallest absolute Gasteiger partial charge is 0.348 e. The molecule has 0 spiro atoms. The van der Waals surface area contributed by atoms with Gasteiger partial charge < -0.3 is 19.0 Å². The van der Waals surface area contributed by atoms with E-state index in [2.05, 4.69) is 19.7 Å². The van der Waals surface area contributed by atoms with Crippen LogP contribution in [0.4, 0.5) is 0 Å². The lowest BCUT2D eigenvalue weighted by molar-refractivity contribution is -0.155. The van der Waals surface area contributed by atoms with Crippen LogP contribution in [-0.2, 0) is 23.8 Å². The van der Waals surface area contributed by atoms with E-state index in [1.807, 2.05) is 0 Å². The predicted molar refractivity (Wildman–Crippen MR) is 58.6 cm³/mol. The molecule has 1 unspecified atom stereocenters. The van der Waals surface area contributed by atoms with Gasteiger partial charge in [0.15, 0.2) is 11.9 Å². The number of rotatable bonds is 11. The number of carbonyl (C=O) groups is 1. The van der Waals surface area contributed by atoms with E-state index in [-0.39, 0.29) is 26.2 Å². The summed E-state index contributed by atoms with van der Waals surface area (Å²) in [4.78, 5) is 25.2. The molecule has 0 heterocycles. The minimum absolute atomic E-state index is 0.159. The number of carbonyl (C=O) groups excluding carboxylic acids is 1. The van der Waals surface area contributed by atoms with Crippen molar-refractivity contribution in [3.05, 3.63) is 4.91 Å². The molecule has 0 rings (SSSR count). The zero-order valence-corrected chi connectivity index (χ0v) is 10.1. The van der Waals surface area contributed by atoms with E-state index in [9.17, 15) is 9.70 Å². The summed E-state index contributed by atoms with van der Waals surface area (Å²) in [5.41, 5.74) is 0. The third-order valence-corrected chi connectivity index (χ3v) is 1.96. The van der Waals surface area contributed by atoms with Crippen LogP contribution >= 0.6 is 0 Å². The molecule has 0 aromatic carbocycles. The molecule has 0 radical (unpaired) electrons. The lowest BCUT2D eigenvalue weighted by Crippen LogP contribution is -2.26. The van der Waals surface area contributed by atoms with Gasteiger partial charge in [0, 0.05) is 0 Å². The van der Waals surface area contributed by atoms with Crippen molar-refractivity contribution < 1.29 is 23.8 Å². The molecule has 0 fully saturated rings. The van der Waals surface area contributed by atoms with Crippen LogP contribution in [0.5, 0.6) is 0 Å². The van der Waals surface area contributed by atoms with E-state index in [0.717, 1.165) is 0 Å². The Labute approximate surface area is 109 Å². The van der Waals surface area contributed by atoms with Crippen LogP contribution in [0.25, 0.3) is 0 Å². The Morgan fingerprint density at radius 1 is 1.16 bits per heavy atom. The van der Waals surface area contributed by atoms with Crippen molar-refractivity contribution >= 4 is 5.97 Å². The maximum absolute atomic E-state index is 11.5. The first-order valence-electron chi connectivity index (χ1n) is 5.43. The Bertz CT molecular complexity index is 348. The molecule has 0 aromatic rings. The zero-order chi connectivity index (χ0) is 14.3. The molecule has 0 bridgehead atoms. The van der Waals surface area contributed by atoms with Crippen molar-refractivity contribution in [1.29, 1.82) is 10.5 Å². The van der Waals surface area contributed by atoms with Crippen molar-refractivity contribution in [3.63, 3.8) is 0 Å². The second kappa shape index (κ2) is 11.9. The van der Waals surface area contributed by atoms with Crippen LogP contribution in [0.3, 0.4) is 0 Å². The van der Waals surface area contributed by atoms with Crippen LogP contribution in [0, 0.1) is 27.9 Å². The molecular formula is C10H13N3O6. The Hall–Kier alpha value is -2.55. The highest BCUT2D eigenvalue weighted by molar-refractivity contribution is 5.74. The average molecular weight is 271 g/mol. The van der Waals surface area contributed by atoms with Gasteiger partial charge in [-0.05, 0) is 19.3 Å². The predicted octanol–water partition coefficient (Wildman–Crippen LogP) is 0.762. The number of hydrogen-bond donors (Lipinski definition) is 0. The molecule has 9 heteroatoms. The maximum Gasteiger partial charge on any atom is 0.348 e. The molecule has 0 saturated heterocycles. The summed E-state index contributed by atoms with van der Waals surface area (Å²) in [6.45, 7) is -0.0818. The Balaban J connectivity index is 3.88. The van der Waals surface area contributed by atoms with Crippen molar-refractivity contribution in [3.8, 4) is 12.5 Å². The van der Waals surface area contributed by atoms with Gasteiger partial charge in [0.05, 0.1) is 0 Å². The van der Waals surface area contributed by atoms with E-state index >= 15 is 0 Å². The molecule has 0 aliphatic rings. The molecule has 0 N–H and O–H groups in total. The minimum Gasteiger partial charge on any atom is -0.459 e. The first-order valence-corrected chi connectivity index (χ1v) is 5.43. The molecule has 0 aromatic heterocycles. The second-order valence-corrected chi connectivity index (χ2v) is 3.21. The number of nitriles is 2. The first-order chi connectivity index (χ1) is 9.26. The van der Waals surface area contributed by atoms with E-state index in [1.54, 1.807) is 0 Å². The molecule has 104 valence electrons. The van der Waals surface area contributed by atoms with Crippen LogP contribution < -0.4 is 0 Å². The number of hydrogen-bond acceptors (Lipinski definition) is 9. The first kappa shape index (κ1) is 16.4. The highest BCUT2D eigenvalue weighted by atomic mass is 16.7. The van der Waals surface area contributed by atoms with Crippen LogP contribution in [-0.4, -0.2) is 31.9 Å². The van der Waals surface area contributed by atoms with E-state index in [4.69, 9.17) is 15.3 Å². The van der Waals surface area contributed by atoms with Crippen LogP contribution in [0.2, 0.25) is 0 Å². The molecule has 0 aliphatic heterocycles. The summed E-state index contributed by atoms with van der Waals surface area (Å²) < 4.78 is 13.7. The van der Waals surface area contributed by atoms with Crippen molar-refractivity contribution in [2.24, 2.45) is 5.34 Å². The van der Waals surface area contributed by atoms with Gasteiger partial charge >= 0.3 is 5.97 Å². The standard InChI is InChI=1S/C10H13N3O6/c11-7-16-4-2-1-3-9(18-8-12)10(14)17-5-6-19-13-15/h9H,1-6H2. The zero-order valence-electron chi connectivity index (χ0n) is 10.1. The van der Waals surface area contributed by atoms with E-state index in [1.165, 1.54) is 12.5 Å². The van der Waals surface area contributed by atoms with E-state index in [0.29, 0.717) is 12.8 Å². The van der Waals surface area contributed by atoms with Gasteiger partial charge in [-0.3, -0.25) is 0 Å². The molecule has 19 heavy (non-hydrogen) atoms. The fourth-order valence-electron chi connectivity index (χ4n) is 1.15. The third-order valence-electron chi connectivity index (χ3n) is 1.96. The Morgan fingerprint density at radius 3 is 2.58 bits per heavy atom. The molecule has 0 aliphatic carbocycles. The quantitative estimate of drug-likeness (QED) is 0.177. The lowest BCUT2D eigenvalue weighted by Gasteiger charge is -2.12. The van der Waals surface area contributed by atoms with E-state index < -0.39 is 12.1 Å². The summed E-state index contributed by atoms with van der Waals surface area (Å²) in [7, 11) is 0. The number of nitrogens with zero attached hydrogens (tertiary/aromatic N) is 3.